The van der Waals surface area contributed by atoms with Crippen molar-refractivity contribution in [1.82, 2.24) is 9.97 Å². The number of anilines is 2. The van der Waals surface area contributed by atoms with E-state index in [1.807, 2.05) is 60.7 Å². The van der Waals surface area contributed by atoms with E-state index >= 15 is 0 Å². The monoisotopic (exact) mass is 305 g/mol. The van der Waals surface area contributed by atoms with Crippen LogP contribution in [0.25, 0.3) is 11.3 Å². The lowest BCUT2D eigenvalue weighted by molar-refractivity contribution is 0.890. The molecular weight excluding hydrogens is 286 g/mol. The molecule has 0 radical (unpaired) electrons. The van der Waals surface area contributed by atoms with Crippen LogP contribution in [0.4, 0.5) is 11.6 Å². The molecule has 4 heteroatoms. The van der Waals surface area contributed by atoms with E-state index in [1.54, 1.807) is 0 Å². The number of hydrogen-bond acceptors (Lipinski definition) is 3. The molecule has 3 aromatic rings. The lowest BCUT2D eigenvalue weighted by atomic mass is 10.0. The van der Waals surface area contributed by atoms with Crippen molar-refractivity contribution in [1.29, 1.82) is 0 Å². The molecule has 0 aliphatic heterocycles. The van der Waals surface area contributed by atoms with Crippen molar-refractivity contribution < 1.29 is 0 Å². The highest BCUT2D eigenvalue weighted by Gasteiger charge is 2.12. The Labute approximate surface area is 135 Å². The molecule has 1 aromatic heterocycles. The third kappa shape index (κ3) is 3.48. The number of benzene rings is 2. The lowest BCUT2D eigenvalue weighted by Gasteiger charge is -2.11. The maximum absolute atomic E-state index is 12.5. The van der Waals surface area contributed by atoms with E-state index in [0.717, 1.165) is 28.9 Å². The number of nitrogens with one attached hydrogen (secondary N) is 2. The standard InChI is InChI=1S/C19H19N3O/c1-2-9-16-17(14-10-5-3-6-11-14)21-19(22-18(16)23)20-15-12-7-4-8-13-15/h3-8,10-13H,2,9H2,1H3,(H2,20,21,22,23). The van der Waals surface area contributed by atoms with Crippen LogP contribution in [-0.2, 0) is 6.42 Å². The number of aromatic nitrogens is 2. The Hall–Kier alpha value is -2.88. The van der Waals surface area contributed by atoms with Crippen molar-refractivity contribution in [3.8, 4) is 11.3 Å². The lowest BCUT2D eigenvalue weighted by Crippen LogP contribution is -2.18. The summed E-state index contributed by atoms with van der Waals surface area (Å²) in [5.41, 5.74) is 3.24. The molecular formula is C19H19N3O. The quantitative estimate of drug-likeness (QED) is 0.745. The van der Waals surface area contributed by atoms with Gasteiger partial charge >= 0.3 is 0 Å². The SMILES string of the molecule is CCCc1c(-c2ccccc2)nc(Nc2ccccc2)[nH]c1=O. The van der Waals surface area contributed by atoms with Crippen LogP contribution >= 0.6 is 0 Å². The van der Waals surface area contributed by atoms with Crippen LogP contribution < -0.4 is 10.9 Å². The molecule has 2 N–H and O–H groups in total. The van der Waals surface area contributed by atoms with E-state index in [9.17, 15) is 4.79 Å². The molecule has 4 nitrogen and oxygen atoms in total. The molecule has 2 aromatic carbocycles. The van der Waals surface area contributed by atoms with Crippen molar-refractivity contribution in [3.63, 3.8) is 0 Å². The Bertz CT molecular complexity index is 826. The maximum atomic E-state index is 12.5. The maximum Gasteiger partial charge on any atom is 0.256 e. The average molecular weight is 305 g/mol. The van der Waals surface area contributed by atoms with E-state index in [2.05, 4.69) is 22.2 Å². The van der Waals surface area contributed by atoms with Gasteiger partial charge in [-0.05, 0) is 18.6 Å². The van der Waals surface area contributed by atoms with Crippen LogP contribution in [0.1, 0.15) is 18.9 Å². The van der Waals surface area contributed by atoms with Gasteiger partial charge in [-0.2, -0.15) is 0 Å². The number of rotatable bonds is 5. The number of nitrogens with zero attached hydrogens (tertiary/aromatic N) is 1. The number of hydrogen-bond donors (Lipinski definition) is 2. The van der Waals surface area contributed by atoms with Crippen molar-refractivity contribution >= 4 is 11.6 Å². The van der Waals surface area contributed by atoms with Crippen LogP contribution in [0.3, 0.4) is 0 Å². The highest BCUT2D eigenvalue weighted by molar-refractivity contribution is 5.65. The van der Waals surface area contributed by atoms with Crippen LogP contribution in [-0.4, -0.2) is 9.97 Å². The summed E-state index contributed by atoms with van der Waals surface area (Å²) in [5.74, 6) is 0.458. The predicted molar refractivity (Wildman–Crippen MR) is 94.0 cm³/mol. The Morgan fingerprint density at radius 1 is 1.00 bits per heavy atom. The van der Waals surface area contributed by atoms with Gasteiger partial charge < -0.3 is 5.32 Å². The first-order valence-electron chi connectivity index (χ1n) is 7.78. The summed E-state index contributed by atoms with van der Waals surface area (Å²) in [4.78, 5) is 20.0. The summed E-state index contributed by atoms with van der Waals surface area (Å²) in [6.45, 7) is 2.06. The molecule has 23 heavy (non-hydrogen) atoms. The molecule has 0 aliphatic carbocycles. The average Bonchev–Trinajstić information content (AvgIpc) is 2.59. The van der Waals surface area contributed by atoms with Gasteiger partial charge in [-0.15, -0.1) is 0 Å². The Morgan fingerprint density at radius 2 is 1.65 bits per heavy atom. The summed E-state index contributed by atoms with van der Waals surface area (Å²) in [6.07, 6.45) is 1.61. The second kappa shape index (κ2) is 6.92. The topological polar surface area (TPSA) is 57.8 Å². The smallest absolute Gasteiger partial charge is 0.256 e. The van der Waals surface area contributed by atoms with Gasteiger partial charge in [0.15, 0.2) is 0 Å². The van der Waals surface area contributed by atoms with Crippen LogP contribution in [0, 0.1) is 0 Å². The minimum atomic E-state index is -0.0841. The first-order chi connectivity index (χ1) is 11.3. The van der Waals surface area contributed by atoms with Gasteiger partial charge in [-0.3, -0.25) is 9.78 Å². The largest absolute Gasteiger partial charge is 0.326 e. The van der Waals surface area contributed by atoms with Gasteiger partial charge in [0.25, 0.3) is 5.56 Å². The van der Waals surface area contributed by atoms with Gasteiger partial charge in [0.05, 0.1) is 5.69 Å². The van der Waals surface area contributed by atoms with Crippen molar-refractivity contribution in [2.24, 2.45) is 0 Å². The number of H-pyrrole nitrogens is 1. The molecule has 1 heterocycles. The molecule has 0 fully saturated rings. The Morgan fingerprint density at radius 3 is 2.30 bits per heavy atom. The van der Waals surface area contributed by atoms with Crippen molar-refractivity contribution in [3.05, 3.63) is 76.6 Å². The molecule has 0 saturated carbocycles. The van der Waals surface area contributed by atoms with Crippen LogP contribution in [0.5, 0.6) is 0 Å². The first-order valence-corrected chi connectivity index (χ1v) is 7.78. The summed E-state index contributed by atoms with van der Waals surface area (Å²) >= 11 is 0. The van der Waals surface area contributed by atoms with Gasteiger partial charge in [0.1, 0.15) is 0 Å². The third-order valence-corrected chi connectivity index (χ3v) is 3.60. The zero-order valence-corrected chi connectivity index (χ0v) is 13.0. The highest BCUT2D eigenvalue weighted by Crippen LogP contribution is 2.22. The highest BCUT2D eigenvalue weighted by atomic mass is 16.1. The summed E-state index contributed by atoms with van der Waals surface area (Å²) in [6, 6.07) is 19.5. The van der Waals surface area contributed by atoms with Crippen LogP contribution in [0.2, 0.25) is 0 Å². The second-order valence-corrected chi connectivity index (χ2v) is 5.35. The minimum Gasteiger partial charge on any atom is -0.326 e. The third-order valence-electron chi connectivity index (χ3n) is 3.60. The second-order valence-electron chi connectivity index (χ2n) is 5.35. The molecule has 0 spiro atoms. The molecule has 0 bridgehead atoms. The fourth-order valence-electron chi connectivity index (χ4n) is 2.53. The summed E-state index contributed by atoms with van der Waals surface area (Å²) in [7, 11) is 0. The normalized spacial score (nSPS) is 10.5. The first kappa shape index (κ1) is 15.0. The van der Waals surface area contributed by atoms with E-state index in [1.165, 1.54) is 0 Å². The fraction of sp³-hybridized carbons (Fsp3) is 0.158. The Balaban J connectivity index is 2.06. The van der Waals surface area contributed by atoms with E-state index in [0.29, 0.717) is 12.4 Å². The molecule has 0 unspecified atom stereocenters. The Kier molecular flexibility index (Phi) is 4.52. The predicted octanol–water partition coefficient (Wildman–Crippen LogP) is 4.13. The van der Waals surface area contributed by atoms with Gasteiger partial charge in [0.2, 0.25) is 5.95 Å². The zero-order valence-electron chi connectivity index (χ0n) is 13.0. The fourth-order valence-corrected chi connectivity index (χ4v) is 2.53. The molecule has 3 rings (SSSR count). The minimum absolute atomic E-state index is 0.0841. The van der Waals surface area contributed by atoms with Crippen molar-refractivity contribution in [2.45, 2.75) is 19.8 Å². The zero-order chi connectivity index (χ0) is 16.1. The van der Waals surface area contributed by atoms with E-state index in [-0.39, 0.29) is 5.56 Å². The van der Waals surface area contributed by atoms with Gasteiger partial charge in [-0.25, -0.2) is 4.98 Å². The molecule has 0 aliphatic rings. The molecule has 0 atom stereocenters. The van der Waals surface area contributed by atoms with E-state index < -0.39 is 0 Å². The van der Waals surface area contributed by atoms with E-state index in [4.69, 9.17) is 0 Å². The van der Waals surface area contributed by atoms with Crippen LogP contribution in [0.15, 0.2) is 65.5 Å². The number of para-hydroxylation sites is 1. The number of aromatic amines is 1. The summed E-state index contributed by atoms with van der Waals surface area (Å²) < 4.78 is 0. The molecule has 0 saturated heterocycles. The van der Waals surface area contributed by atoms with Crippen molar-refractivity contribution in [2.75, 3.05) is 5.32 Å². The molecule has 0 amide bonds. The summed E-state index contributed by atoms with van der Waals surface area (Å²) in [5, 5.41) is 3.16. The van der Waals surface area contributed by atoms with Gasteiger partial charge in [-0.1, -0.05) is 61.9 Å². The van der Waals surface area contributed by atoms with Gasteiger partial charge in [0, 0.05) is 16.8 Å². The molecule has 116 valence electrons.